The predicted molar refractivity (Wildman–Crippen MR) is 82.7 cm³/mol. The molecule has 0 aliphatic carbocycles. The van der Waals surface area contributed by atoms with Gasteiger partial charge in [0.2, 0.25) is 0 Å². The van der Waals surface area contributed by atoms with Gasteiger partial charge in [-0.3, -0.25) is 0 Å². The molecule has 3 unspecified atom stereocenters. The molecular weight excluding hydrogens is 250 g/mol. The molecule has 0 spiro atoms. The van der Waals surface area contributed by atoms with Crippen LogP contribution in [0, 0.1) is 0 Å². The van der Waals surface area contributed by atoms with Crippen LogP contribution in [0.25, 0.3) is 0 Å². The maximum Gasteiger partial charge on any atom is 0.322 e. The number of nitrogens with two attached hydrogens (primary N) is 1. The van der Waals surface area contributed by atoms with Gasteiger partial charge in [0.25, 0.3) is 0 Å². The molecule has 20 heavy (non-hydrogen) atoms. The molecule has 1 aromatic carbocycles. The van der Waals surface area contributed by atoms with Gasteiger partial charge in [-0.25, -0.2) is 4.79 Å². The second-order valence-electron chi connectivity index (χ2n) is 5.74. The van der Waals surface area contributed by atoms with E-state index < -0.39 is 0 Å². The Labute approximate surface area is 121 Å². The van der Waals surface area contributed by atoms with Crippen LogP contribution in [0.5, 0.6) is 0 Å². The first-order valence-corrected chi connectivity index (χ1v) is 7.47. The van der Waals surface area contributed by atoms with Crippen molar-refractivity contribution in [2.24, 2.45) is 5.73 Å². The van der Waals surface area contributed by atoms with Gasteiger partial charge in [0.15, 0.2) is 0 Å². The monoisotopic (exact) mass is 275 g/mol. The maximum atomic E-state index is 12.5. The molecule has 110 valence electrons. The van der Waals surface area contributed by atoms with Gasteiger partial charge < -0.3 is 16.0 Å². The van der Waals surface area contributed by atoms with Crippen LogP contribution in [-0.2, 0) is 0 Å². The number of hydrogen-bond donors (Lipinski definition) is 2. The summed E-state index contributed by atoms with van der Waals surface area (Å²) in [7, 11) is 0. The molecule has 0 bridgehead atoms. The molecule has 1 heterocycles. The highest BCUT2D eigenvalue weighted by Gasteiger charge is 2.33. The van der Waals surface area contributed by atoms with E-state index in [0.29, 0.717) is 12.1 Å². The van der Waals surface area contributed by atoms with Gasteiger partial charge in [0.05, 0.1) is 0 Å². The van der Waals surface area contributed by atoms with Crippen molar-refractivity contribution < 1.29 is 4.79 Å². The number of nitrogens with one attached hydrogen (secondary N) is 1. The van der Waals surface area contributed by atoms with Crippen LogP contribution in [-0.4, -0.2) is 23.0 Å². The molecule has 1 aromatic rings. The van der Waals surface area contributed by atoms with E-state index >= 15 is 0 Å². The van der Waals surface area contributed by atoms with E-state index in [9.17, 15) is 4.79 Å². The zero-order chi connectivity index (χ0) is 14.7. The number of rotatable bonds is 3. The molecule has 4 nitrogen and oxygen atoms in total. The third-order valence-electron chi connectivity index (χ3n) is 4.16. The lowest BCUT2D eigenvalue weighted by Crippen LogP contribution is -2.42. The quantitative estimate of drug-likeness (QED) is 0.887. The SMILES string of the molecule is CCC1CCC(C)N1C(=O)Nc1cccc(C(C)N)c1. The van der Waals surface area contributed by atoms with Gasteiger partial charge in [0, 0.05) is 23.8 Å². The molecule has 1 saturated heterocycles. The molecule has 1 aliphatic rings. The molecule has 0 saturated carbocycles. The van der Waals surface area contributed by atoms with Crippen LogP contribution in [0.3, 0.4) is 0 Å². The first-order chi connectivity index (χ1) is 9.52. The summed E-state index contributed by atoms with van der Waals surface area (Å²) in [4.78, 5) is 14.4. The minimum atomic E-state index is -0.0269. The average molecular weight is 275 g/mol. The van der Waals surface area contributed by atoms with Crippen molar-refractivity contribution in [3.8, 4) is 0 Å². The molecule has 3 N–H and O–H groups in total. The van der Waals surface area contributed by atoms with Gasteiger partial charge in [-0.1, -0.05) is 19.1 Å². The number of amides is 2. The lowest BCUT2D eigenvalue weighted by Gasteiger charge is -2.28. The first kappa shape index (κ1) is 14.9. The topological polar surface area (TPSA) is 58.4 Å². The van der Waals surface area contributed by atoms with Crippen LogP contribution >= 0.6 is 0 Å². The molecule has 1 aliphatic heterocycles. The Morgan fingerprint density at radius 2 is 2.25 bits per heavy atom. The van der Waals surface area contributed by atoms with Gasteiger partial charge in [-0.2, -0.15) is 0 Å². The predicted octanol–water partition coefficient (Wildman–Crippen LogP) is 3.50. The number of benzene rings is 1. The van der Waals surface area contributed by atoms with Crippen molar-refractivity contribution in [2.75, 3.05) is 5.32 Å². The third kappa shape index (κ3) is 3.12. The maximum absolute atomic E-state index is 12.5. The number of carbonyl (C=O) groups excluding carboxylic acids is 1. The summed E-state index contributed by atoms with van der Waals surface area (Å²) in [5.74, 6) is 0. The standard InChI is InChI=1S/C16H25N3O/c1-4-15-9-8-11(2)19(15)16(20)18-14-7-5-6-13(10-14)12(3)17/h5-7,10-12,15H,4,8-9,17H2,1-3H3,(H,18,20). The minimum Gasteiger partial charge on any atom is -0.324 e. The van der Waals surface area contributed by atoms with Gasteiger partial charge in [-0.05, 0) is 50.8 Å². The summed E-state index contributed by atoms with van der Waals surface area (Å²) >= 11 is 0. The molecule has 2 amide bonds. The molecule has 0 radical (unpaired) electrons. The molecular formula is C16H25N3O. The first-order valence-electron chi connectivity index (χ1n) is 7.47. The normalized spacial score (nSPS) is 23.7. The Morgan fingerprint density at radius 1 is 1.50 bits per heavy atom. The van der Waals surface area contributed by atoms with Gasteiger partial charge in [0.1, 0.15) is 0 Å². The number of hydrogen-bond acceptors (Lipinski definition) is 2. The largest absolute Gasteiger partial charge is 0.324 e. The Bertz CT molecular complexity index is 473. The molecule has 4 heteroatoms. The van der Waals surface area contributed by atoms with Crippen LogP contribution in [0.15, 0.2) is 24.3 Å². The smallest absolute Gasteiger partial charge is 0.322 e. The van der Waals surface area contributed by atoms with E-state index in [0.717, 1.165) is 30.5 Å². The van der Waals surface area contributed by atoms with Crippen LogP contribution in [0.1, 0.15) is 51.6 Å². The number of anilines is 1. The fourth-order valence-corrected chi connectivity index (χ4v) is 2.93. The van der Waals surface area contributed by atoms with Crippen LogP contribution in [0.4, 0.5) is 10.5 Å². The summed E-state index contributed by atoms with van der Waals surface area (Å²) in [6, 6.07) is 8.42. The Hall–Kier alpha value is -1.55. The van der Waals surface area contributed by atoms with Gasteiger partial charge >= 0.3 is 6.03 Å². The number of urea groups is 1. The second-order valence-corrected chi connectivity index (χ2v) is 5.74. The summed E-state index contributed by atoms with van der Waals surface area (Å²) in [6.45, 7) is 6.20. The molecule has 3 atom stereocenters. The summed E-state index contributed by atoms with van der Waals surface area (Å²) in [5.41, 5.74) is 7.73. The van der Waals surface area contributed by atoms with E-state index in [1.165, 1.54) is 0 Å². The number of carbonyl (C=O) groups is 1. The Morgan fingerprint density at radius 3 is 2.90 bits per heavy atom. The van der Waals surface area contributed by atoms with E-state index in [1.54, 1.807) is 0 Å². The summed E-state index contributed by atoms with van der Waals surface area (Å²) in [5, 5.41) is 3.01. The number of likely N-dealkylation sites (tertiary alicyclic amines) is 1. The van der Waals surface area contributed by atoms with Crippen molar-refractivity contribution >= 4 is 11.7 Å². The molecule has 1 fully saturated rings. The van der Waals surface area contributed by atoms with E-state index in [2.05, 4.69) is 19.2 Å². The van der Waals surface area contributed by atoms with Crippen LogP contribution in [0.2, 0.25) is 0 Å². The van der Waals surface area contributed by atoms with Crippen molar-refractivity contribution in [3.05, 3.63) is 29.8 Å². The van der Waals surface area contributed by atoms with E-state index in [1.807, 2.05) is 36.1 Å². The van der Waals surface area contributed by atoms with Crippen LogP contribution < -0.4 is 11.1 Å². The van der Waals surface area contributed by atoms with E-state index in [-0.39, 0.29) is 12.1 Å². The zero-order valence-corrected chi connectivity index (χ0v) is 12.6. The van der Waals surface area contributed by atoms with Crippen molar-refractivity contribution in [3.63, 3.8) is 0 Å². The molecule has 0 aromatic heterocycles. The Kier molecular flexibility index (Phi) is 4.65. The summed E-state index contributed by atoms with van der Waals surface area (Å²) < 4.78 is 0. The zero-order valence-electron chi connectivity index (χ0n) is 12.6. The van der Waals surface area contributed by atoms with Gasteiger partial charge in [-0.15, -0.1) is 0 Å². The lowest BCUT2D eigenvalue weighted by atomic mass is 10.1. The highest BCUT2D eigenvalue weighted by Crippen LogP contribution is 2.27. The van der Waals surface area contributed by atoms with Crippen molar-refractivity contribution in [2.45, 2.75) is 58.2 Å². The lowest BCUT2D eigenvalue weighted by molar-refractivity contribution is 0.188. The number of nitrogens with zero attached hydrogens (tertiary/aromatic N) is 1. The fourth-order valence-electron chi connectivity index (χ4n) is 2.93. The highest BCUT2D eigenvalue weighted by atomic mass is 16.2. The second kappa shape index (κ2) is 6.27. The minimum absolute atomic E-state index is 0.00340. The molecule has 2 rings (SSSR count). The highest BCUT2D eigenvalue weighted by molar-refractivity contribution is 5.90. The Balaban J connectivity index is 2.09. The fraction of sp³-hybridized carbons (Fsp3) is 0.562. The van der Waals surface area contributed by atoms with Crippen molar-refractivity contribution in [1.82, 2.24) is 4.90 Å². The summed E-state index contributed by atoms with van der Waals surface area (Å²) in [6.07, 6.45) is 3.20. The average Bonchev–Trinajstić information content (AvgIpc) is 2.80. The van der Waals surface area contributed by atoms with E-state index in [4.69, 9.17) is 5.73 Å². The third-order valence-corrected chi connectivity index (χ3v) is 4.16. The van der Waals surface area contributed by atoms with Crippen molar-refractivity contribution in [1.29, 1.82) is 0 Å².